The minimum Gasteiger partial charge on any atom is -0.478 e. The summed E-state index contributed by atoms with van der Waals surface area (Å²) in [6, 6.07) is 4.74. The minimum atomic E-state index is -1.03. The fourth-order valence-electron chi connectivity index (χ4n) is 1.96. The molecule has 1 aliphatic heterocycles. The van der Waals surface area contributed by atoms with Crippen molar-refractivity contribution in [2.45, 2.75) is 18.9 Å². The molecule has 6 nitrogen and oxygen atoms in total. The molecule has 18 heavy (non-hydrogen) atoms. The van der Waals surface area contributed by atoms with Crippen LogP contribution in [-0.2, 0) is 4.79 Å². The quantitative estimate of drug-likeness (QED) is 0.587. The van der Waals surface area contributed by atoms with Gasteiger partial charge in [-0.15, -0.1) is 0 Å². The van der Waals surface area contributed by atoms with E-state index in [9.17, 15) is 9.59 Å². The van der Waals surface area contributed by atoms with Crippen molar-refractivity contribution < 1.29 is 14.7 Å². The van der Waals surface area contributed by atoms with Gasteiger partial charge in [0.15, 0.2) is 0 Å². The molecule has 5 N–H and O–H groups in total. The highest BCUT2D eigenvalue weighted by atomic mass is 16.4. The first-order valence-electron chi connectivity index (χ1n) is 5.72. The third kappa shape index (κ3) is 2.71. The van der Waals surface area contributed by atoms with Crippen molar-refractivity contribution in [2.75, 3.05) is 17.6 Å². The number of carbonyl (C=O) groups is 2. The molecule has 1 aromatic rings. The maximum atomic E-state index is 11.1. The average molecular weight is 249 g/mol. The first kappa shape index (κ1) is 12.2. The predicted molar refractivity (Wildman–Crippen MR) is 67.5 cm³/mol. The molecule has 1 amide bonds. The van der Waals surface area contributed by atoms with Crippen LogP contribution < -0.4 is 16.4 Å². The Kier molecular flexibility index (Phi) is 3.36. The fraction of sp³-hybridized carbons (Fsp3) is 0.333. The standard InChI is InChI=1S/C12H15N3O3/c13-7-1-3-10(9(5-7)12(17)18)14-6-8-2-4-11(16)15-8/h1,3,5,8,14H,2,4,6,13H2,(H,15,16)(H,17,18). The van der Waals surface area contributed by atoms with Crippen LogP contribution in [0, 0.1) is 0 Å². The van der Waals surface area contributed by atoms with Gasteiger partial charge in [-0.2, -0.15) is 0 Å². The van der Waals surface area contributed by atoms with Gasteiger partial charge in [-0.05, 0) is 24.6 Å². The van der Waals surface area contributed by atoms with Crippen LogP contribution in [-0.4, -0.2) is 29.6 Å². The molecule has 1 unspecified atom stereocenters. The molecule has 1 aromatic carbocycles. The molecule has 0 saturated carbocycles. The number of benzene rings is 1. The third-order valence-electron chi connectivity index (χ3n) is 2.90. The molecule has 0 spiro atoms. The Bertz CT molecular complexity index is 487. The number of hydrogen-bond acceptors (Lipinski definition) is 4. The lowest BCUT2D eigenvalue weighted by Crippen LogP contribution is -2.32. The van der Waals surface area contributed by atoms with Crippen molar-refractivity contribution in [1.29, 1.82) is 0 Å². The Morgan fingerprint density at radius 1 is 1.56 bits per heavy atom. The van der Waals surface area contributed by atoms with Gasteiger partial charge in [0.25, 0.3) is 0 Å². The molecular formula is C12H15N3O3. The Hall–Kier alpha value is -2.24. The number of nitrogens with one attached hydrogen (secondary N) is 2. The second-order valence-corrected chi connectivity index (χ2v) is 4.29. The van der Waals surface area contributed by atoms with E-state index in [0.29, 0.717) is 24.3 Å². The number of anilines is 2. The highest BCUT2D eigenvalue weighted by Gasteiger charge is 2.20. The molecular weight excluding hydrogens is 234 g/mol. The molecule has 1 fully saturated rings. The predicted octanol–water partition coefficient (Wildman–Crippen LogP) is 0.657. The number of carbonyl (C=O) groups excluding carboxylic acids is 1. The topological polar surface area (TPSA) is 104 Å². The van der Waals surface area contributed by atoms with Gasteiger partial charge >= 0.3 is 5.97 Å². The summed E-state index contributed by atoms with van der Waals surface area (Å²) in [4.78, 5) is 22.1. The first-order chi connectivity index (χ1) is 8.56. The lowest BCUT2D eigenvalue weighted by molar-refractivity contribution is -0.119. The highest BCUT2D eigenvalue weighted by molar-refractivity contribution is 5.95. The van der Waals surface area contributed by atoms with Crippen molar-refractivity contribution in [3.05, 3.63) is 23.8 Å². The van der Waals surface area contributed by atoms with Crippen molar-refractivity contribution in [3.63, 3.8) is 0 Å². The van der Waals surface area contributed by atoms with E-state index in [-0.39, 0.29) is 17.5 Å². The fourth-order valence-corrected chi connectivity index (χ4v) is 1.96. The van der Waals surface area contributed by atoms with Crippen LogP contribution >= 0.6 is 0 Å². The Morgan fingerprint density at radius 2 is 2.33 bits per heavy atom. The van der Waals surface area contributed by atoms with Gasteiger partial charge in [-0.25, -0.2) is 4.79 Å². The lowest BCUT2D eigenvalue weighted by Gasteiger charge is -2.14. The number of carboxylic acids is 1. The second kappa shape index (κ2) is 4.95. The SMILES string of the molecule is Nc1ccc(NCC2CCC(=O)N2)c(C(=O)O)c1. The molecule has 96 valence electrons. The molecule has 1 aliphatic rings. The molecule has 0 radical (unpaired) electrons. The summed E-state index contributed by atoms with van der Waals surface area (Å²) in [6.45, 7) is 0.510. The molecule has 6 heteroatoms. The van der Waals surface area contributed by atoms with Crippen LogP contribution in [0.5, 0.6) is 0 Å². The summed E-state index contributed by atoms with van der Waals surface area (Å²) in [6.07, 6.45) is 1.29. The zero-order valence-electron chi connectivity index (χ0n) is 9.77. The number of rotatable bonds is 4. The second-order valence-electron chi connectivity index (χ2n) is 4.29. The minimum absolute atomic E-state index is 0.0394. The number of nitrogen functional groups attached to an aromatic ring is 1. The van der Waals surface area contributed by atoms with E-state index < -0.39 is 5.97 Å². The van der Waals surface area contributed by atoms with Crippen molar-refractivity contribution in [3.8, 4) is 0 Å². The van der Waals surface area contributed by atoms with Crippen LogP contribution in [0.1, 0.15) is 23.2 Å². The number of amides is 1. The lowest BCUT2D eigenvalue weighted by atomic mass is 10.1. The average Bonchev–Trinajstić information content (AvgIpc) is 2.73. The van der Waals surface area contributed by atoms with Crippen LogP contribution in [0.3, 0.4) is 0 Å². The number of nitrogens with two attached hydrogens (primary N) is 1. The van der Waals surface area contributed by atoms with E-state index in [2.05, 4.69) is 10.6 Å². The number of carboxylic acid groups (broad SMARTS) is 1. The zero-order chi connectivity index (χ0) is 13.1. The van der Waals surface area contributed by atoms with E-state index >= 15 is 0 Å². The summed E-state index contributed by atoms with van der Waals surface area (Å²) < 4.78 is 0. The first-order valence-corrected chi connectivity index (χ1v) is 5.72. The molecule has 0 aliphatic carbocycles. The smallest absolute Gasteiger partial charge is 0.337 e. The molecule has 1 saturated heterocycles. The van der Waals surface area contributed by atoms with E-state index in [1.165, 1.54) is 6.07 Å². The number of aromatic carboxylic acids is 1. The van der Waals surface area contributed by atoms with Crippen LogP contribution in [0.15, 0.2) is 18.2 Å². The van der Waals surface area contributed by atoms with Gasteiger partial charge in [-0.1, -0.05) is 0 Å². The molecule has 0 bridgehead atoms. The largest absolute Gasteiger partial charge is 0.478 e. The Labute approximate surface area is 104 Å². The van der Waals surface area contributed by atoms with Gasteiger partial charge in [0.2, 0.25) is 5.91 Å². The van der Waals surface area contributed by atoms with Crippen molar-refractivity contribution in [2.24, 2.45) is 0 Å². The van der Waals surface area contributed by atoms with Gasteiger partial charge in [0.1, 0.15) is 0 Å². The summed E-state index contributed by atoms with van der Waals surface area (Å²) in [5.41, 5.74) is 6.61. The Balaban J connectivity index is 2.04. The number of hydrogen-bond donors (Lipinski definition) is 4. The van der Waals surface area contributed by atoms with E-state index in [0.717, 1.165) is 6.42 Å². The summed E-state index contributed by atoms with van der Waals surface area (Å²) in [5, 5.41) is 14.9. The maximum Gasteiger partial charge on any atom is 0.337 e. The van der Waals surface area contributed by atoms with Gasteiger partial charge < -0.3 is 21.5 Å². The highest BCUT2D eigenvalue weighted by Crippen LogP contribution is 2.19. The van der Waals surface area contributed by atoms with E-state index in [4.69, 9.17) is 10.8 Å². The molecule has 1 heterocycles. The van der Waals surface area contributed by atoms with Gasteiger partial charge in [-0.3, -0.25) is 4.79 Å². The molecule has 1 atom stereocenters. The van der Waals surface area contributed by atoms with Gasteiger partial charge in [0.05, 0.1) is 5.56 Å². The third-order valence-corrected chi connectivity index (χ3v) is 2.90. The summed E-state index contributed by atoms with van der Waals surface area (Å²) in [7, 11) is 0. The van der Waals surface area contributed by atoms with Crippen molar-refractivity contribution in [1.82, 2.24) is 5.32 Å². The summed E-state index contributed by atoms with van der Waals surface area (Å²) >= 11 is 0. The van der Waals surface area contributed by atoms with Crippen LogP contribution in [0.4, 0.5) is 11.4 Å². The molecule has 0 aromatic heterocycles. The van der Waals surface area contributed by atoms with E-state index in [1.807, 2.05) is 0 Å². The Morgan fingerprint density at radius 3 is 2.94 bits per heavy atom. The molecule has 2 rings (SSSR count). The summed E-state index contributed by atoms with van der Waals surface area (Å²) in [5.74, 6) is -0.988. The monoisotopic (exact) mass is 249 g/mol. The maximum absolute atomic E-state index is 11.1. The normalized spacial score (nSPS) is 18.4. The van der Waals surface area contributed by atoms with E-state index in [1.54, 1.807) is 12.1 Å². The van der Waals surface area contributed by atoms with Crippen LogP contribution in [0.2, 0.25) is 0 Å². The zero-order valence-corrected chi connectivity index (χ0v) is 9.77. The van der Waals surface area contributed by atoms with Gasteiger partial charge in [0, 0.05) is 30.4 Å². The van der Waals surface area contributed by atoms with Crippen molar-refractivity contribution >= 4 is 23.3 Å². The van der Waals surface area contributed by atoms with Crippen LogP contribution in [0.25, 0.3) is 0 Å².